The van der Waals surface area contributed by atoms with E-state index in [9.17, 15) is 13.2 Å². The van der Waals surface area contributed by atoms with Gasteiger partial charge in [-0.15, -0.1) is 10.2 Å². The normalized spacial score (nSPS) is 11.5. The van der Waals surface area contributed by atoms with E-state index in [1.165, 1.54) is 0 Å². The fourth-order valence-electron chi connectivity index (χ4n) is 1.80. The van der Waals surface area contributed by atoms with Gasteiger partial charge in [-0.1, -0.05) is 43.4 Å². The molecule has 1 aromatic carbocycles. The molecule has 0 spiro atoms. The fraction of sp³-hybridized carbons (Fsp3) is 0.400. The number of sulfonamides is 1. The number of hydrogen-bond acceptors (Lipinski definition) is 7. The van der Waals surface area contributed by atoms with E-state index in [4.69, 9.17) is 4.74 Å². The van der Waals surface area contributed by atoms with E-state index in [0.717, 1.165) is 11.3 Å². The third-order valence-electron chi connectivity index (χ3n) is 3.12. The molecule has 0 saturated carbocycles. The zero-order valence-corrected chi connectivity index (χ0v) is 15.8. The zero-order valence-electron chi connectivity index (χ0n) is 14.1. The van der Waals surface area contributed by atoms with Gasteiger partial charge in [0.15, 0.2) is 0 Å². The van der Waals surface area contributed by atoms with Crippen molar-refractivity contribution in [3.8, 4) is 5.75 Å². The van der Waals surface area contributed by atoms with Gasteiger partial charge in [-0.25, -0.2) is 13.1 Å². The third kappa shape index (κ3) is 5.21. The van der Waals surface area contributed by atoms with Crippen LogP contribution in [0.2, 0.25) is 0 Å². The number of benzene rings is 1. The van der Waals surface area contributed by atoms with Crippen LogP contribution in [-0.4, -0.2) is 31.1 Å². The number of carbonyl (C=O) groups excluding carboxylic acids is 1. The van der Waals surface area contributed by atoms with Crippen LogP contribution in [0.25, 0.3) is 0 Å². The maximum Gasteiger partial charge on any atom is 0.270 e. The monoisotopic (exact) mass is 384 g/mol. The maximum absolute atomic E-state index is 12.4. The first kappa shape index (κ1) is 19.3. The van der Waals surface area contributed by atoms with Gasteiger partial charge in [0.25, 0.3) is 10.0 Å². The molecule has 1 aromatic heterocycles. The van der Waals surface area contributed by atoms with E-state index in [1.807, 2.05) is 13.0 Å². The molecule has 0 saturated heterocycles. The molecule has 0 radical (unpaired) electrons. The van der Waals surface area contributed by atoms with Gasteiger partial charge in [-0.2, -0.15) is 0 Å². The molecule has 10 heteroatoms. The van der Waals surface area contributed by atoms with Gasteiger partial charge in [0.05, 0.1) is 6.61 Å². The molecule has 25 heavy (non-hydrogen) atoms. The van der Waals surface area contributed by atoms with Crippen molar-refractivity contribution in [3.63, 3.8) is 0 Å². The second-order valence-electron chi connectivity index (χ2n) is 5.38. The summed E-state index contributed by atoms with van der Waals surface area (Å²) in [6.07, 6.45) is 0. The van der Waals surface area contributed by atoms with Crippen molar-refractivity contribution in [3.05, 3.63) is 29.8 Å². The molecule has 0 fully saturated rings. The van der Waals surface area contributed by atoms with Gasteiger partial charge in [0.2, 0.25) is 15.4 Å². The minimum absolute atomic E-state index is 0.0613. The number of carbonyl (C=O) groups is 1. The van der Waals surface area contributed by atoms with Gasteiger partial charge >= 0.3 is 0 Å². The summed E-state index contributed by atoms with van der Waals surface area (Å²) in [5.41, 5.74) is 0.714. The molecule has 2 N–H and O–H groups in total. The summed E-state index contributed by atoms with van der Waals surface area (Å²) in [4.78, 5) is 11.6. The molecule has 0 unspecified atom stereocenters. The summed E-state index contributed by atoms with van der Waals surface area (Å²) in [5, 5.41) is 10.0. The average Bonchev–Trinajstić information content (AvgIpc) is 3.04. The lowest BCUT2D eigenvalue weighted by Gasteiger charge is -2.10. The van der Waals surface area contributed by atoms with E-state index in [1.54, 1.807) is 32.0 Å². The smallest absolute Gasteiger partial charge is 0.270 e. The highest BCUT2D eigenvalue weighted by Crippen LogP contribution is 2.22. The first-order valence-electron chi connectivity index (χ1n) is 7.68. The number of nitrogens with zero attached hydrogens (tertiary/aromatic N) is 2. The van der Waals surface area contributed by atoms with Crippen LogP contribution in [0.4, 0.5) is 5.13 Å². The van der Waals surface area contributed by atoms with E-state index in [2.05, 4.69) is 20.2 Å². The molecular weight excluding hydrogens is 364 g/mol. The van der Waals surface area contributed by atoms with E-state index in [-0.39, 0.29) is 27.8 Å². The Hall–Kier alpha value is -2.04. The van der Waals surface area contributed by atoms with Gasteiger partial charge < -0.3 is 10.1 Å². The Bertz CT molecular complexity index is 834. The second-order valence-corrected chi connectivity index (χ2v) is 8.30. The Kier molecular flexibility index (Phi) is 6.45. The Morgan fingerprint density at radius 2 is 2.00 bits per heavy atom. The summed E-state index contributed by atoms with van der Waals surface area (Å²) in [6, 6.07) is 7.17. The number of aromatic nitrogens is 2. The summed E-state index contributed by atoms with van der Waals surface area (Å²) in [6.45, 7) is 5.86. The second kappa shape index (κ2) is 8.37. The molecule has 0 aliphatic heterocycles. The van der Waals surface area contributed by atoms with Crippen LogP contribution in [0.3, 0.4) is 0 Å². The van der Waals surface area contributed by atoms with Crippen LogP contribution in [0.1, 0.15) is 26.3 Å². The van der Waals surface area contributed by atoms with E-state index in [0.29, 0.717) is 17.9 Å². The molecule has 2 aromatic rings. The van der Waals surface area contributed by atoms with Crippen molar-refractivity contribution >= 4 is 32.4 Å². The summed E-state index contributed by atoms with van der Waals surface area (Å²) in [5.74, 6) is 0.130. The first-order valence-corrected chi connectivity index (χ1v) is 9.98. The molecule has 0 atom stereocenters. The SMILES string of the molecule is CCOc1ccccc1CNS(=O)(=O)c1nnc(NC(=O)C(C)C)s1. The molecule has 0 bridgehead atoms. The van der Waals surface area contributed by atoms with Crippen LogP contribution in [0, 0.1) is 5.92 Å². The first-order chi connectivity index (χ1) is 11.8. The third-order valence-corrected chi connectivity index (χ3v) is 5.72. The van der Waals surface area contributed by atoms with E-state index < -0.39 is 10.0 Å². The standard InChI is InChI=1S/C15H20N4O4S2/c1-4-23-12-8-6-5-7-11(12)9-16-25(21,22)15-19-18-14(24-15)17-13(20)10(2)3/h5-8,10,16H,4,9H2,1-3H3,(H,17,18,20). The Morgan fingerprint density at radius 3 is 2.68 bits per heavy atom. The molecule has 2 rings (SSSR count). The molecule has 0 aliphatic carbocycles. The predicted molar refractivity (Wildman–Crippen MR) is 95.0 cm³/mol. The van der Waals surface area contributed by atoms with Gasteiger partial charge in [0.1, 0.15) is 5.75 Å². The number of rotatable bonds is 8. The molecular formula is C15H20N4O4S2. The summed E-state index contributed by atoms with van der Waals surface area (Å²) >= 11 is 0.799. The molecule has 1 heterocycles. The maximum atomic E-state index is 12.4. The van der Waals surface area contributed by atoms with Crippen LogP contribution < -0.4 is 14.8 Å². The predicted octanol–water partition coefficient (Wildman–Crippen LogP) is 2.01. The highest BCUT2D eigenvalue weighted by Gasteiger charge is 2.21. The number of para-hydroxylation sites is 1. The van der Waals surface area contributed by atoms with Crippen molar-refractivity contribution in [2.45, 2.75) is 31.7 Å². The minimum Gasteiger partial charge on any atom is -0.494 e. The summed E-state index contributed by atoms with van der Waals surface area (Å²) < 4.78 is 32.4. The minimum atomic E-state index is -3.84. The number of ether oxygens (including phenoxy) is 1. The average molecular weight is 384 g/mol. The van der Waals surface area contributed by atoms with Crippen molar-refractivity contribution < 1.29 is 17.9 Å². The Balaban J connectivity index is 2.07. The Labute approximate surface area is 150 Å². The highest BCUT2D eigenvalue weighted by atomic mass is 32.2. The number of anilines is 1. The largest absolute Gasteiger partial charge is 0.494 e. The van der Waals surface area contributed by atoms with Gasteiger partial charge in [0, 0.05) is 18.0 Å². The Morgan fingerprint density at radius 1 is 1.28 bits per heavy atom. The van der Waals surface area contributed by atoms with Crippen LogP contribution >= 0.6 is 11.3 Å². The summed E-state index contributed by atoms with van der Waals surface area (Å²) in [7, 11) is -3.84. The highest BCUT2D eigenvalue weighted by molar-refractivity contribution is 7.91. The van der Waals surface area contributed by atoms with Gasteiger partial charge in [-0.3, -0.25) is 4.79 Å². The van der Waals surface area contributed by atoms with Crippen molar-refractivity contribution in [2.75, 3.05) is 11.9 Å². The van der Waals surface area contributed by atoms with Gasteiger partial charge in [-0.05, 0) is 13.0 Å². The van der Waals surface area contributed by atoms with Crippen molar-refractivity contribution in [2.24, 2.45) is 5.92 Å². The molecule has 0 aliphatic rings. The molecule has 8 nitrogen and oxygen atoms in total. The van der Waals surface area contributed by atoms with Crippen LogP contribution in [0.15, 0.2) is 28.6 Å². The quantitative estimate of drug-likeness (QED) is 0.674. The fourth-order valence-corrected chi connectivity index (χ4v) is 3.75. The van der Waals surface area contributed by atoms with Crippen molar-refractivity contribution in [1.82, 2.24) is 14.9 Å². The van der Waals surface area contributed by atoms with Crippen LogP contribution in [0.5, 0.6) is 5.75 Å². The van der Waals surface area contributed by atoms with Crippen molar-refractivity contribution in [1.29, 1.82) is 0 Å². The van der Waals surface area contributed by atoms with Crippen LogP contribution in [-0.2, 0) is 21.4 Å². The molecule has 1 amide bonds. The zero-order chi connectivity index (χ0) is 18.4. The lowest BCUT2D eigenvalue weighted by Crippen LogP contribution is -2.23. The van der Waals surface area contributed by atoms with E-state index >= 15 is 0 Å². The lowest BCUT2D eigenvalue weighted by atomic mass is 10.2. The number of hydrogen-bond donors (Lipinski definition) is 2. The molecule has 136 valence electrons. The topological polar surface area (TPSA) is 110 Å². The number of amides is 1. The number of nitrogens with one attached hydrogen (secondary N) is 2. The lowest BCUT2D eigenvalue weighted by molar-refractivity contribution is -0.118.